The quantitative estimate of drug-likeness (QED) is 0.599. The number of nitrogens with zero attached hydrogens (tertiary/aromatic N) is 2. The van der Waals surface area contributed by atoms with Crippen molar-refractivity contribution in [2.24, 2.45) is 0 Å². The Morgan fingerprint density at radius 1 is 1.09 bits per heavy atom. The Labute approximate surface area is 140 Å². The Morgan fingerprint density at radius 3 is 2.52 bits per heavy atom. The van der Waals surface area contributed by atoms with Crippen LogP contribution in [0.5, 0.6) is 0 Å². The summed E-state index contributed by atoms with van der Waals surface area (Å²) < 4.78 is 0. The second-order valence-corrected chi connectivity index (χ2v) is 6.29. The van der Waals surface area contributed by atoms with Crippen molar-refractivity contribution in [2.45, 2.75) is 13.8 Å². The van der Waals surface area contributed by atoms with Gasteiger partial charge in [0.2, 0.25) is 0 Å². The van der Waals surface area contributed by atoms with Crippen molar-refractivity contribution in [1.82, 2.24) is 4.98 Å². The van der Waals surface area contributed by atoms with E-state index in [-0.39, 0.29) is 0 Å². The fourth-order valence-electron chi connectivity index (χ4n) is 2.30. The standard InChI is InChI=1S/C20H16N2S/c1-14-7-9-16(10-8-14)19-13-23-20(22-19)18(12-21)11-17-6-4-3-5-15(17)2/h3-11,13H,1-2H3/b18-11+. The summed E-state index contributed by atoms with van der Waals surface area (Å²) in [5.74, 6) is 0. The van der Waals surface area contributed by atoms with Gasteiger partial charge in [-0.15, -0.1) is 11.3 Å². The molecule has 3 heteroatoms. The first-order valence-corrected chi connectivity index (χ1v) is 8.26. The highest BCUT2D eigenvalue weighted by Gasteiger charge is 2.09. The molecule has 0 bridgehead atoms. The Hall–Kier alpha value is -2.70. The summed E-state index contributed by atoms with van der Waals surface area (Å²) in [5, 5.41) is 12.3. The van der Waals surface area contributed by atoms with Gasteiger partial charge in [0.1, 0.15) is 11.1 Å². The summed E-state index contributed by atoms with van der Waals surface area (Å²) in [4.78, 5) is 4.63. The lowest BCUT2D eigenvalue weighted by molar-refractivity contribution is 1.36. The average molecular weight is 316 g/mol. The molecule has 1 aromatic heterocycles. The lowest BCUT2D eigenvalue weighted by Gasteiger charge is -2.00. The summed E-state index contributed by atoms with van der Waals surface area (Å²) in [6.45, 7) is 4.11. The van der Waals surface area contributed by atoms with Crippen LogP contribution in [0.15, 0.2) is 53.9 Å². The molecular formula is C20H16N2S. The van der Waals surface area contributed by atoms with Gasteiger partial charge in [0, 0.05) is 10.9 Å². The van der Waals surface area contributed by atoms with Crippen LogP contribution in [-0.2, 0) is 0 Å². The third-order valence-corrected chi connectivity index (χ3v) is 4.57. The van der Waals surface area contributed by atoms with Gasteiger partial charge >= 0.3 is 0 Å². The fourth-order valence-corrected chi connectivity index (χ4v) is 3.10. The van der Waals surface area contributed by atoms with E-state index < -0.39 is 0 Å². The van der Waals surface area contributed by atoms with Crippen LogP contribution in [0.25, 0.3) is 22.9 Å². The van der Waals surface area contributed by atoms with Crippen molar-refractivity contribution in [3.63, 3.8) is 0 Å². The number of rotatable bonds is 3. The van der Waals surface area contributed by atoms with Crippen molar-refractivity contribution in [3.8, 4) is 17.3 Å². The molecule has 0 radical (unpaired) electrons. The second-order valence-electron chi connectivity index (χ2n) is 5.43. The fraction of sp³-hybridized carbons (Fsp3) is 0.100. The average Bonchev–Trinajstić information content (AvgIpc) is 3.04. The Bertz CT molecular complexity index is 896. The molecule has 0 aliphatic carbocycles. The van der Waals surface area contributed by atoms with Gasteiger partial charge < -0.3 is 0 Å². The Kier molecular flexibility index (Phi) is 4.36. The van der Waals surface area contributed by atoms with E-state index in [0.29, 0.717) is 5.57 Å². The number of hydrogen-bond donors (Lipinski definition) is 0. The van der Waals surface area contributed by atoms with Crippen molar-refractivity contribution in [3.05, 3.63) is 75.6 Å². The van der Waals surface area contributed by atoms with E-state index in [1.54, 1.807) is 0 Å². The summed E-state index contributed by atoms with van der Waals surface area (Å²) in [5.41, 5.74) is 6.01. The molecule has 0 N–H and O–H groups in total. The first-order valence-electron chi connectivity index (χ1n) is 7.38. The maximum absolute atomic E-state index is 9.50. The van der Waals surface area contributed by atoms with Crippen molar-refractivity contribution in [2.75, 3.05) is 0 Å². The van der Waals surface area contributed by atoms with Crippen molar-refractivity contribution in [1.29, 1.82) is 5.26 Å². The number of hydrogen-bond acceptors (Lipinski definition) is 3. The van der Waals surface area contributed by atoms with Crippen LogP contribution in [0.1, 0.15) is 21.7 Å². The summed E-state index contributed by atoms with van der Waals surface area (Å²) in [6, 6.07) is 18.6. The molecule has 0 unspecified atom stereocenters. The van der Waals surface area contributed by atoms with Crippen LogP contribution in [-0.4, -0.2) is 4.98 Å². The first kappa shape index (κ1) is 15.2. The van der Waals surface area contributed by atoms with Gasteiger partial charge in [-0.1, -0.05) is 54.1 Å². The molecule has 0 amide bonds. The van der Waals surface area contributed by atoms with Gasteiger partial charge in [0.25, 0.3) is 0 Å². The molecule has 1 heterocycles. The van der Waals surface area contributed by atoms with Crippen LogP contribution < -0.4 is 0 Å². The molecule has 0 spiro atoms. The van der Waals surface area contributed by atoms with Gasteiger partial charge in [0.15, 0.2) is 0 Å². The van der Waals surface area contributed by atoms with Gasteiger partial charge in [0.05, 0.1) is 11.3 Å². The minimum atomic E-state index is 0.600. The van der Waals surface area contributed by atoms with E-state index in [9.17, 15) is 5.26 Å². The van der Waals surface area contributed by atoms with Crippen LogP contribution in [0.4, 0.5) is 0 Å². The molecule has 3 aromatic rings. The zero-order valence-corrected chi connectivity index (χ0v) is 13.9. The van der Waals surface area contributed by atoms with E-state index >= 15 is 0 Å². The highest BCUT2D eigenvalue weighted by Crippen LogP contribution is 2.27. The Morgan fingerprint density at radius 2 is 1.83 bits per heavy atom. The molecule has 0 aliphatic rings. The van der Waals surface area contributed by atoms with Crippen LogP contribution in [0.2, 0.25) is 0 Å². The lowest BCUT2D eigenvalue weighted by Crippen LogP contribution is -1.85. The summed E-state index contributed by atoms with van der Waals surface area (Å²) >= 11 is 1.50. The predicted octanol–water partition coefficient (Wildman–Crippen LogP) is 5.49. The molecule has 112 valence electrons. The number of benzene rings is 2. The number of aromatic nitrogens is 1. The number of thiazole rings is 1. The van der Waals surface area contributed by atoms with E-state index in [2.05, 4.69) is 42.2 Å². The van der Waals surface area contributed by atoms with Gasteiger partial charge in [-0.05, 0) is 31.1 Å². The topological polar surface area (TPSA) is 36.7 Å². The van der Waals surface area contributed by atoms with E-state index in [4.69, 9.17) is 0 Å². The number of aryl methyl sites for hydroxylation is 2. The molecule has 0 saturated carbocycles. The SMILES string of the molecule is Cc1ccc(-c2csc(/C(C#N)=C/c3ccccc3C)n2)cc1. The predicted molar refractivity (Wildman–Crippen MR) is 97.0 cm³/mol. The lowest BCUT2D eigenvalue weighted by atomic mass is 10.1. The van der Waals surface area contributed by atoms with Gasteiger partial charge in [-0.3, -0.25) is 0 Å². The molecule has 0 saturated heterocycles. The first-order chi connectivity index (χ1) is 11.2. The van der Waals surface area contributed by atoms with Crippen LogP contribution >= 0.6 is 11.3 Å². The molecule has 23 heavy (non-hydrogen) atoms. The molecule has 2 nitrogen and oxygen atoms in total. The molecule has 0 aliphatic heterocycles. The van der Waals surface area contributed by atoms with Crippen LogP contribution in [0, 0.1) is 25.2 Å². The zero-order valence-electron chi connectivity index (χ0n) is 13.1. The monoisotopic (exact) mass is 316 g/mol. The minimum absolute atomic E-state index is 0.600. The number of nitriles is 1. The Balaban J connectivity index is 1.96. The minimum Gasteiger partial charge on any atom is -0.235 e. The normalized spacial score (nSPS) is 11.3. The summed E-state index contributed by atoms with van der Waals surface area (Å²) in [7, 11) is 0. The van der Waals surface area contributed by atoms with Crippen molar-refractivity contribution >= 4 is 23.0 Å². The highest BCUT2D eigenvalue weighted by molar-refractivity contribution is 7.11. The maximum atomic E-state index is 9.50. The van der Waals surface area contributed by atoms with E-state index in [0.717, 1.165) is 27.4 Å². The third kappa shape index (κ3) is 3.39. The molecule has 3 rings (SSSR count). The maximum Gasteiger partial charge on any atom is 0.134 e. The largest absolute Gasteiger partial charge is 0.235 e. The molecular weight excluding hydrogens is 300 g/mol. The molecule has 2 aromatic carbocycles. The molecule has 0 atom stereocenters. The molecule has 0 fully saturated rings. The summed E-state index contributed by atoms with van der Waals surface area (Å²) in [6.07, 6.45) is 1.91. The van der Waals surface area contributed by atoms with E-state index in [1.165, 1.54) is 16.9 Å². The zero-order chi connectivity index (χ0) is 16.2. The van der Waals surface area contributed by atoms with E-state index in [1.807, 2.05) is 42.6 Å². The second kappa shape index (κ2) is 6.60. The van der Waals surface area contributed by atoms with Crippen molar-refractivity contribution < 1.29 is 0 Å². The number of allylic oxidation sites excluding steroid dienone is 1. The third-order valence-electron chi connectivity index (χ3n) is 3.69. The van der Waals surface area contributed by atoms with Gasteiger partial charge in [-0.2, -0.15) is 5.26 Å². The highest BCUT2D eigenvalue weighted by atomic mass is 32.1. The van der Waals surface area contributed by atoms with Crippen LogP contribution in [0.3, 0.4) is 0 Å². The van der Waals surface area contributed by atoms with Gasteiger partial charge in [-0.25, -0.2) is 4.98 Å². The smallest absolute Gasteiger partial charge is 0.134 e.